The number of amides is 1. The van der Waals surface area contributed by atoms with E-state index in [9.17, 15) is 28.1 Å². The molecule has 9 heteroatoms. The summed E-state index contributed by atoms with van der Waals surface area (Å²) in [6, 6.07) is 2.54. The van der Waals surface area contributed by atoms with Crippen LogP contribution in [0.1, 0.15) is 19.4 Å². The van der Waals surface area contributed by atoms with E-state index < -0.39 is 33.7 Å². The highest BCUT2D eigenvalue weighted by Crippen LogP contribution is 2.37. The van der Waals surface area contributed by atoms with E-state index in [4.69, 9.17) is 5.73 Å². The predicted octanol–water partition coefficient (Wildman–Crippen LogP) is 2.54. The summed E-state index contributed by atoms with van der Waals surface area (Å²) < 4.78 is 38.4. The molecule has 0 fully saturated rings. The zero-order valence-electron chi connectivity index (χ0n) is 11.3. The van der Waals surface area contributed by atoms with Crippen LogP contribution in [-0.4, -0.2) is 17.4 Å². The molecule has 0 aliphatic carbocycles. The summed E-state index contributed by atoms with van der Waals surface area (Å²) in [5.74, 6) is -0.618. The van der Waals surface area contributed by atoms with Crippen LogP contribution in [0.5, 0.6) is 0 Å². The Hall–Kier alpha value is -2.32. The van der Waals surface area contributed by atoms with Crippen molar-refractivity contribution in [3.05, 3.63) is 33.9 Å². The molecule has 21 heavy (non-hydrogen) atoms. The van der Waals surface area contributed by atoms with Gasteiger partial charge in [0, 0.05) is 18.3 Å². The minimum absolute atomic E-state index is 0.00254. The highest BCUT2D eigenvalue weighted by atomic mass is 19.4. The van der Waals surface area contributed by atoms with Gasteiger partial charge >= 0.3 is 6.18 Å². The molecule has 0 atom stereocenters. The lowest BCUT2D eigenvalue weighted by molar-refractivity contribution is -0.388. The number of hydrogen-bond acceptors (Lipinski definition) is 4. The maximum Gasteiger partial charge on any atom is 0.423 e. The Balaban J connectivity index is 3.07. The average Bonchev–Trinajstić information content (AvgIpc) is 2.34. The Morgan fingerprint density at radius 2 is 1.95 bits per heavy atom. The molecule has 116 valence electrons. The van der Waals surface area contributed by atoms with Gasteiger partial charge in [0.25, 0.3) is 5.69 Å². The lowest BCUT2D eigenvalue weighted by Gasteiger charge is -2.21. The number of nitrogens with one attached hydrogen (secondary N) is 1. The smallest absolute Gasteiger partial charge is 0.384 e. The maximum absolute atomic E-state index is 12.8. The van der Waals surface area contributed by atoms with Crippen molar-refractivity contribution >= 4 is 17.3 Å². The van der Waals surface area contributed by atoms with Crippen LogP contribution in [-0.2, 0) is 11.0 Å². The normalized spacial score (nSPS) is 12.0. The maximum atomic E-state index is 12.8. The number of hydrogen-bond donors (Lipinski definition) is 2. The number of nitro benzene ring substituents is 1. The number of alkyl halides is 3. The third-order valence-electron chi connectivity index (χ3n) is 2.90. The highest BCUT2D eigenvalue weighted by Gasteiger charge is 2.38. The second kappa shape index (κ2) is 5.58. The van der Waals surface area contributed by atoms with E-state index in [0.717, 1.165) is 12.1 Å². The van der Waals surface area contributed by atoms with Gasteiger partial charge in [-0.1, -0.05) is 0 Å². The van der Waals surface area contributed by atoms with Gasteiger partial charge in [-0.2, -0.15) is 13.2 Å². The summed E-state index contributed by atoms with van der Waals surface area (Å²) in [7, 11) is 0. The van der Waals surface area contributed by atoms with E-state index in [-0.39, 0.29) is 12.2 Å². The van der Waals surface area contributed by atoms with Gasteiger partial charge in [0.05, 0.1) is 10.3 Å². The first-order valence-corrected chi connectivity index (χ1v) is 5.84. The third-order valence-corrected chi connectivity index (χ3v) is 2.90. The Bertz CT molecular complexity index is 571. The molecule has 1 aromatic rings. The first-order chi connectivity index (χ1) is 9.45. The molecular formula is C12H14F3N3O3. The van der Waals surface area contributed by atoms with Gasteiger partial charge in [0.1, 0.15) is 5.56 Å². The summed E-state index contributed by atoms with van der Waals surface area (Å²) in [5.41, 5.74) is 1.81. The SMILES string of the molecule is CC(C)(CNc1ccc([N+](=O)[O-])c(C(F)(F)F)c1)C(N)=O. The standard InChI is InChI=1S/C12H14F3N3O3/c1-11(2,10(16)19)6-17-7-3-4-9(18(20)21)8(5-7)12(13,14)15/h3-5,17H,6H2,1-2H3,(H2,16,19). The molecule has 0 unspecified atom stereocenters. The number of nitrogens with zero attached hydrogens (tertiary/aromatic N) is 1. The summed E-state index contributed by atoms with van der Waals surface area (Å²) in [6.45, 7) is 3.05. The fourth-order valence-electron chi connectivity index (χ4n) is 1.44. The fourth-order valence-corrected chi connectivity index (χ4v) is 1.44. The molecule has 3 N–H and O–H groups in total. The van der Waals surface area contributed by atoms with Crippen LogP contribution in [0.15, 0.2) is 18.2 Å². The van der Waals surface area contributed by atoms with Crippen LogP contribution in [0, 0.1) is 15.5 Å². The van der Waals surface area contributed by atoms with Crippen molar-refractivity contribution in [3.8, 4) is 0 Å². The van der Waals surface area contributed by atoms with Crippen molar-refractivity contribution in [2.75, 3.05) is 11.9 Å². The molecule has 0 heterocycles. The number of benzene rings is 1. The molecular weight excluding hydrogens is 291 g/mol. The van der Waals surface area contributed by atoms with Crippen molar-refractivity contribution in [3.63, 3.8) is 0 Å². The summed E-state index contributed by atoms with van der Waals surface area (Å²) in [4.78, 5) is 20.6. The highest BCUT2D eigenvalue weighted by molar-refractivity contribution is 5.80. The van der Waals surface area contributed by atoms with Gasteiger partial charge in [-0.3, -0.25) is 14.9 Å². The second-order valence-corrected chi connectivity index (χ2v) is 5.09. The Morgan fingerprint density at radius 3 is 2.38 bits per heavy atom. The van der Waals surface area contributed by atoms with E-state index in [1.165, 1.54) is 13.8 Å². The monoisotopic (exact) mass is 305 g/mol. The van der Waals surface area contributed by atoms with Crippen LogP contribution >= 0.6 is 0 Å². The van der Waals surface area contributed by atoms with Crippen molar-refractivity contribution in [2.45, 2.75) is 20.0 Å². The van der Waals surface area contributed by atoms with E-state index in [0.29, 0.717) is 6.07 Å². The molecule has 6 nitrogen and oxygen atoms in total. The molecule has 1 rings (SSSR count). The number of nitro groups is 1. The molecule has 0 aliphatic heterocycles. The third kappa shape index (κ3) is 4.07. The van der Waals surface area contributed by atoms with Crippen molar-refractivity contribution in [1.82, 2.24) is 0 Å². The number of carbonyl (C=O) groups excluding carboxylic acids is 1. The van der Waals surface area contributed by atoms with Gasteiger partial charge in [-0.25, -0.2) is 0 Å². The quantitative estimate of drug-likeness (QED) is 0.645. The van der Waals surface area contributed by atoms with E-state index in [1.54, 1.807) is 0 Å². The number of rotatable bonds is 5. The lowest BCUT2D eigenvalue weighted by Crippen LogP contribution is -2.37. The van der Waals surface area contributed by atoms with E-state index in [2.05, 4.69) is 5.32 Å². The van der Waals surface area contributed by atoms with Gasteiger partial charge in [-0.15, -0.1) is 0 Å². The molecule has 0 bridgehead atoms. The molecule has 0 saturated heterocycles. The number of primary amides is 1. The van der Waals surface area contributed by atoms with Crippen molar-refractivity contribution in [1.29, 1.82) is 0 Å². The zero-order valence-corrected chi connectivity index (χ0v) is 11.3. The molecule has 0 aromatic heterocycles. The average molecular weight is 305 g/mol. The first-order valence-electron chi connectivity index (χ1n) is 5.84. The number of anilines is 1. The summed E-state index contributed by atoms with van der Waals surface area (Å²) in [6.07, 6.45) is -4.85. The van der Waals surface area contributed by atoms with E-state index in [1.807, 2.05) is 0 Å². The Morgan fingerprint density at radius 1 is 1.38 bits per heavy atom. The Kier molecular flexibility index (Phi) is 4.45. The second-order valence-electron chi connectivity index (χ2n) is 5.09. The van der Waals surface area contributed by atoms with Crippen molar-refractivity contribution < 1.29 is 22.9 Å². The predicted molar refractivity (Wildman–Crippen MR) is 69.6 cm³/mol. The van der Waals surface area contributed by atoms with Crippen molar-refractivity contribution in [2.24, 2.45) is 11.1 Å². The van der Waals surface area contributed by atoms with Gasteiger partial charge < -0.3 is 11.1 Å². The van der Waals surface area contributed by atoms with Crippen LogP contribution in [0.3, 0.4) is 0 Å². The first kappa shape index (κ1) is 16.7. The zero-order chi connectivity index (χ0) is 16.4. The van der Waals surface area contributed by atoms with Crippen LogP contribution < -0.4 is 11.1 Å². The molecule has 1 amide bonds. The summed E-state index contributed by atoms with van der Waals surface area (Å²) in [5, 5.41) is 13.2. The van der Waals surface area contributed by atoms with Gasteiger partial charge in [0.2, 0.25) is 5.91 Å². The molecule has 0 radical (unpaired) electrons. The van der Waals surface area contributed by atoms with Crippen LogP contribution in [0.2, 0.25) is 0 Å². The summed E-state index contributed by atoms with van der Waals surface area (Å²) >= 11 is 0. The lowest BCUT2D eigenvalue weighted by atomic mass is 9.92. The topological polar surface area (TPSA) is 98.3 Å². The molecule has 1 aromatic carbocycles. The Labute approximate surface area is 118 Å². The number of carbonyl (C=O) groups is 1. The fraction of sp³-hybridized carbons (Fsp3) is 0.417. The minimum Gasteiger partial charge on any atom is -0.384 e. The number of nitrogens with two attached hydrogens (primary N) is 1. The van der Waals surface area contributed by atoms with Gasteiger partial charge in [-0.05, 0) is 26.0 Å². The molecule has 0 saturated carbocycles. The molecule has 0 aliphatic rings. The minimum atomic E-state index is -4.85. The van der Waals surface area contributed by atoms with Crippen LogP contribution in [0.4, 0.5) is 24.5 Å². The number of halogens is 3. The van der Waals surface area contributed by atoms with Crippen LogP contribution in [0.25, 0.3) is 0 Å². The molecule has 0 spiro atoms. The largest absolute Gasteiger partial charge is 0.423 e. The van der Waals surface area contributed by atoms with Gasteiger partial charge in [0.15, 0.2) is 0 Å². The van der Waals surface area contributed by atoms with E-state index >= 15 is 0 Å².